The van der Waals surface area contributed by atoms with E-state index in [4.69, 9.17) is 4.74 Å². The Bertz CT molecular complexity index is 452. The molecular weight excluding hydrogens is 264 g/mol. The van der Waals surface area contributed by atoms with Gasteiger partial charge in [-0.05, 0) is 37.8 Å². The third-order valence-corrected chi connectivity index (χ3v) is 3.89. The van der Waals surface area contributed by atoms with Crippen LogP contribution in [0.1, 0.15) is 30.1 Å². The highest BCUT2D eigenvalue weighted by Gasteiger charge is 2.23. The summed E-state index contributed by atoms with van der Waals surface area (Å²) < 4.78 is 4.96. The van der Waals surface area contributed by atoms with E-state index in [9.17, 15) is 9.59 Å². The Morgan fingerprint density at radius 2 is 2.42 bits per heavy atom. The summed E-state index contributed by atoms with van der Waals surface area (Å²) in [6.07, 6.45) is 1.90. The molecule has 2 rings (SSSR count). The van der Waals surface area contributed by atoms with E-state index in [0.29, 0.717) is 23.7 Å². The molecule has 5 nitrogen and oxygen atoms in total. The molecule has 1 atom stereocenters. The van der Waals surface area contributed by atoms with Crippen molar-refractivity contribution in [2.75, 3.05) is 25.0 Å². The van der Waals surface area contributed by atoms with Crippen LogP contribution in [-0.2, 0) is 9.53 Å². The Balaban J connectivity index is 2.00. The van der Waals surface area contributed by atoms with Crippen LogP contribution in [0.2, 0.25) is 0 Å². The van der Waals surface area contributed by atoms with Crippen molar-refractivity contribution in [2.45, 2.75) is 19.8 Å². The van der Waals surface area contributed by atoms with Gasteiger partial charge in [-0.15, -0.1) is 11.3 Å². The first-order valence-corrected chi connectivity index (χ1v) is 7.36. The molecule has 0 unspecified atom stereocenters. The van der Waals surface area contributed by atoms with Gasteiger partial charge in [-0.1, -0.05) is 0 Å². The Morgan fingerprint density at radius 1 is 1.58 bits per heavy atom. The highest BCUT2D eigenvalue weighted by atomic mass is 32.1. The highest BCUT2D eigenvalue weighted by molar-refractivity contribution is 7.14. The zero-order valence-electron chi connectivity index (χ0n) is 10.9. The number of amides is 1. The number of anilines is 1. The van der Waals surface area contributed by atoms with Crippen molar-refractivity contribution < 1.29 is 14.3 Å². The summed E-state index contributed by atoms with van der Waals surface area (Å²) in [7, 11) is 0. The maximum absolute atomic E-state index is 12.1. The first kappa shape index (κ1) is 14.0. The van der Waals surface area contributed by atoms with Crippen molar-refractivity contribution in [1.29, 1.82) is 0 Å². The van der Waals surface area contributed by atoms with E-state index in [-0.39, 0.29) is 17.8 Å². The summed E-state index contributed by atoms with van der Waals surface area (Å²) in [6, 6.07) is 1.68. The van der Waals surface area contributed by atoms with Crippen LogP contribution in [0.4, 0.5) is 5.00 Å². The van der Waals surface area contributed by atoms with Crippen LogP contribution in [-0.4, -0.2) is 31.6 Å². The number of esters is 1. The lowest BCUT2D eigenvalue weighted by atomic mass is 9.99. The van der Waals surface area contributed by atoms with Crippen LogP contribution >= 0.6 is 11.3 Å². The van der Waals surface area contributed by atoms with Gasteiger partial charge in [0.15, 0.2) is 0 Å². The molecule has 1 aliphatic heterocycles. The molecule has 1 amide bonds. The topological polar surface area (TPSA) is 67.4 Å². The lowest BCUT2D eigenvalue weighted by molar-refractivity contribution is -0.120. The van der Waals surface area contributed by atoms with Crippen LogP contribution < -0.4 is 10.6 Å². The van der Waals surface area contributed by atoms with Gasteiger partial charge in [0.05, 0.1) is 18.1 Å². The average Bonchev–Trinajstić information content (AvgIpc) is 2.88. The Labute approximate surface area is 116 Å². The van der Waals surface area contributed by atoms with Gasteiger partial charge in [0.1, 0.15) is 5.00 Å². The van der Waals surface area contributed by atoms with Gasteiger partial charge >= 0.3 is 5.97 Å². The first-order valence-electron chi connectivity index (χ1n) is 6.48. The van der Waals surface area contributed by atoms with Crippen LogP contribution in [0.15, 0.2) is 11.4 Å². The highest BCUT2D eigenvalue weighted by Crippen LogP contribution is 2.25. The van der Waals surface area contributed by atoms with E-state index in [1.165, 1.54) is 11.3 Å². The van der Waals surface area contributed by atoms with Crippen LogP contribution in [0, 0.1) is 5.92 Å². The number of hydrogen-bond acceptors (Lipinski definition) is 5. The number of thiophene rings is 1. The molecule has 104 valence electrons. The quantitative estimate of drug-likeness (QED) is 0.827. The molecule has 6 heteroatoms. The van der Waals surface area contributed by atoms with Crippen molar-refractivity contribution in [3.8, 4) is 0 Å². The van der Waals surface area contributed by atoms with E-state index >= 15 is 0 Å². The maximum atomic E-state index is 12.1. The van der Waals surface area contributed by atoms with Crippen molar-refractivity contribution in [1.82, 2.24) is 5.32 Å². The van der Waals surface area contributed by atoms with Gasteiger partial charge in [-0.25, -0.2) is 4.79 Å². The third-order valence-electron chi connectivity index (χ3n) is 3.06. The summed E-state index contributed by atoms with van der Waals surface area (Å²) in [5, 5.41) is 8.40. The van der Waals surface area contributed by atoms with E-state index in [1.54, 1.807) is 18.4 Å². The fourth-order valence-electron chi connectivity index (χ4n) is 2.07. The van der Waals surface area contributed by atoms with Crippen molar-refractivity contribution in [2.24, 2.45) is 5.92 Å². The maximum Gasteiger partial charge on any atom is 0.341 e. The SMILES string of the molecule is CCOC(=O)c1ccsc1NC(=O)[C@@H]1CCCNC1. The molecule has 0 aromatic carbocycles. The van der Waals surface area contributed by atoms with Crippen LogP contribution in [0.3, 0.4) is 0 Å². The second kappa shape index (κ2) is 6.68. The fraction of sp³-hybridized carbons (Fsp3) is 0.538. The molecule has 0 saturated carbocycles. The van der Waals surface area contributed by atoms with Gasteiger partial charge in [-0.3, -0.25) is 4.79 Å². The Kier molecular flexibility index (Phi) is 4.93. The smallest absolute Gasteiger partial charge is 0.341 e. The molecular formula is C13H18N2O3S. The number of rotatable bonds is 4. The largest absolute Gasteiger partial charge is 0.462 e. The monoisotopic (exact) mass is 282 g/mol. The molecule has 1 aromatic heterocycles. The summed E-state index contributed by atoms with van der Waals surface area (Å²) in [4.78, 5) is 23.8. The predicted molar refractivity (Wildman–Crippen MR) is 74.5 cm³/mol. The normalized spacial score (nSPS) is 18.9. The second-order valence-corrected chi connectivity index (χ2v) is 5.33. The zero-order chi connectivity index (χ0) is 13.7. The lowest BCUT2D eigenvalue weighted by Gasteiger charge is -2.21. The summed E-state index contributed by atoms with van der Waals surface area (Å²) in [6.45, 7) is 3.76. The number of ether oxygens (including phenoxy) is 1. The van der Waals surface area contributed by atoms with Crippen LogP contribution in [0.25, 0.3) is 0 Å². The first-order chi connectivity index (χ1) is 9.22. The standard InChI is InChI=1S/C13H18N2O3S/c1-2-18-13(17)10-5-7-19-12(10)15-11(16)9-4-3-6-14-8-9/h5,7,9,14H,2-4,6,8H2,1H3,(H,15,16)/t9-/m1/s1. The van der Waals surface area contributed by atoms with Crippen molar-refractivity contribution in [3.05, 3.63) is 17.0 Å². The number of piperidine rings is 1. The minimum Gasteiger partial charge on any atom is -0.462 e. The van der Waals surface area contributed by atoms with Gasteiger partial charge in [0.25, 0.3) is 0 Å². The van der Waals surface area contributed by atoms with Gasteiger partial charge in [-0.2, -0.15) is 0 Å². The van der Waals surface area contributed by atoms with E-state index in [0.717, 1.165) is 19.4 Å². The van der Waals surface area contributed by atoms with E-state index in [1.807, 2.05) is 0 Å². The third kappa shape index (κ3) is 3.54. The summed E-state index contributed by atoms with van der Waals surface area (Å²) in [5.41, 5.74) is 0.434. The molecule has 2 heterocycles. The van der Waals surface area contributed by atoms with Gasteiger partial charge in [0.2, 0.25) is 5.91 Å². The van der Waals surface area contributed by atoms with E-state index < -0.39 is 0 Å². The molecule has 0 aliphatic carbocycles. The van der Waals surface area contributed by atoms with Gasteiger partial charge < -0.3 is 15.4 Å². The molecule has 1 saturated heterocycles. The Morgan fingerprint density at radius 3 is 3.11 bits per heavy atom. The summed E-state index contributed by atoms with van der Waals surface area (Å²) in [5.74, 6) is -0.438. The fourth-order valence-corrected chi connectivity index (χ4v) is 2.84. The molecule has 1 fully saturated rings. The molecule has 1 aliphatic rings. The molecule has 2 N–H and O–H groups in total. The van der Waals surface area contributed by atoms with Gasteiger partial charge in [0, 0.05) is 6.54 Å². The zero-order valence-corrected chi connectivity index (χ0v) is 11.7. The van der Waals surface area contributed by atoms with Crippen molar-refractivity contribution in [3.63, 3.8) is 0 Å². The summed E-state index contributed by atoms with van der Waals surface area (Å²) >= 11 is 1.34. The van der Waals surface area contributed by atoms with Crippen molar-refractivity contribution >= 4 is 28.2 Å². The number of carbonyl (C=O) groups is 2. The van der Waals surface area contributed by atoms with Crippen LogP contribution in [0.5, 0.6) is 0 Å². The number of carbonyl (C=O) groups excluding carboxylic acids is 2. The van der Waals surface area contributed by atoms with E-state index in [2.05, 4.69) is 10.6 Å². The molecule has 0 radical (unpaired) electrons. The second-order valence-electron chi connectivity index (χ2n) is 4.42. The minimum atomic E-state index is -0.388. The molecule has 0 bridgehead atoms. The Hall–Kier alpha value is -1.40. The molecule has 1 aromatic rings. The molecule has 0 spiro atoms. The number of nitrogens with one attached hydrogen (secondary N) is 2. The predicted octanol–water partition coefficient (Wildman–Crippen LogP) is 1.86. The number of hydrogen-bond donors (Lipinski definition) is 2. The lowest BCUT2D eigenvalue weighted by Crippen LogP contribution is -2.37. The minimum absolute atomic E-state index is 0.0223. The average molecular weight is 282 g/mol. The molecule has 19 heavy (non-hydrogen) atoms.